The Kier molecular flexibility index (Phi) is 4.69. The highest BCUT2D eigenvalue weighted by Gasteiger charge is 2.27. The summed E-state index contributed by atoms with van der Waals surface area (Å²) in [5.74, 6) is -0.270. The first-order chi connectivity index (χ1) is 11.0. The van der Waals surface area contributed by atoms with Crippen molar-refractivity contribution < 1.29 is 13.2 Å². The average molecular weight is 442 g/mol. The lowest BCUT2D eigenvalue weighted by Gasteiger charge is -2.09. The summed E-state index contributed by atoms with van der Waals surface area (Å²) in [5.41, 5.74) is 1.14. The predicted octanol–water partition coefficient (Wildman–Crippen LogP) is 2.98. The first-order valence-corrected chi connectivity index (χ1v) is 9.70. The lowest BCUT2D eigenvalue weighted by atomic mass is 10.2. The van der Waals surface area contributed by atoms with Crippen LogP contribution in [0.25, 0.3) is 0 Å². The van der Waals surface area contributed by atoms with E-state index in [-0.39, 0.29) is 16.8 Å². The zero-order chi connectivity index (χ0) is 16.4. The summed E-state index contributed by atoms with van der Waals surface area (Å²) in [6.45, 7) is 0. The molecule has 7 heteroatoms. The Balaban J connectivity index is 1.74. The van der Waals surface area contributed by atoms with Crippen molar-refractivity contribution in [2.24, 2.45) is 0 Å². The van der Waals surface area contributed by atoms with Gasteiger partial charge in [-0.3, -0.25) is 4.79 Å². The van der Waals surface area contributed by atoms with Crippen LogP contribution in [-0.4, -0.2) is 20.4 Å². The van der Waals surface area contributed by atoms with E-state index in [9.17, 15) is 13.2 Å². The number of hydrogen-bond donors (Lipinski definition) is 2. The summed E-state index contributed by atoms with van der Waals surface area (Å²) in [6.07, 6.45) is 1.77. The molecular formula is C16H15IN2O3S. The molecule has 0 aliphatic heterocycles. The summed E-state index contributed by atoms with van der Waals surface area (Å²) < 4.78 is 27.7. The van der Waals surface area contributed by atoms with Crippen LogP contribution in [0.5, 0.6) is 0 Å². The number of carbonyl (C=O) groups is 1. The maximum Gasteiger partial charge on any atom is 0.255 e. The maximum atomic E-state index is 12.2. The minimum absolute atomic E-state index is 0.0585. The van der Waals surface area contributed by atoms with E-state index in [1.807, 2.05) is 24.3 Å². The van der Waals surface area contributed by atoms with Crippen LogP contribution in [0.2, 0.25) is 0 Å². The molecule has 1 aliphatic rings. The topological polar surface area (TPSA) is 75.3 Å². The Morgan fingerprint density at radius 3 is 2.30 bits per heavy atom. The average Bonchev–Trinajstić information content (AvgIpc) is 3.33. The number of amides is 1. The van der Waals surface area contributed by atoms with Crippen molar-refractivity contribution >= 4 is 44.2 Å². The summed E-state index contributed by atoms with van der Waals surface area (Å²) in [7, 11) is -3.49. The van der Waals surface area contributed by atoms with Crippen molar-refractivity contribution in [1.82, 2.24) is 4.72 Å². The van der Waals surface area contributed by atoms with Crippen LogP contribution in [0, 0.1) is 3.57 Å². The second kappa shape index (κ2) is 6.58. The van der Waals surface area contributed by atoms with Gasteiger partial charge in [0.2, 0.25) is 10.0 Å². The van der Waals surface area contributed by atoms with E-state index in [0.29, 0.717) is 5.56 Å². The molecule has 3 rings (SSSR count). The molecule has 1 amide bonds. The number of carbonyl (C=O) groups excluding carboxylic acids is 1. The molecule has 0 bridgehead atoms. The zero-order valence-electron chi connectivity index (χ0n) is 12.1. The van der Waals surface area contributed by atoms with Crippen molar-refractivity contribution in [2.75, 3.05) is 5.32 Å². The normalized spacial score (nSPS) is 14.5. The molecule has 0 heterocycles. The number of nitrogens with one attached hydrogen (secondary N) is 2. The minimum atomic E-state index is -3.49. The van der Waals surface area contributed by atoms with Gasteiger partial charge in [0.25, 0.3) is 5.91 Å². The van der Waals surface area contributed by atoms with E-state index < -0.39 is 10.0 Å². The highest BCUT2D eigenvalue weighted by atomic mass is 127. The summed E-state index contributed by atoms with van der Waals surface area (Å²) >= 11 is 2.14. The van der Waals surface area contributed by atoms with Crippen LogP contribution < -0.4 is 10.0 Å². The van der Waals surface area contributed by atoms with Crippen molar-refractivity contribution in [3.05, 3.63) is 57.7 Å². The fourth-order valence-corrected chi connectivity index (χ4v) is 3.86. The van der Waals surface area contributed by atoms with Crippen molar-refractivity contribution in [3.8, 4) is 0 Å². The molecule has 1 fully saturated rings. The number of para-hydroxylation sites is 1. The Morgan fingerprint density at radius 2 is 1.70 bits per heavy atom. The third-order valence-corrected chi connectivity index (χ3v) is 5.93. The molecular weight excluding hydrogens is 427 g/mol. The van der Waals surface area contributed by atoms with Gasteiger partial charge in [0, 0.05) is 15.2 Å². The molecule has 0 spiro atoms. The third kappa shape index (κ3) is 4.10. The second-order valence-electron chi connectivity index (χ2n) is 5.35. The van der Waals surface area contributed by atoms with Gasteiger partial charge in [0.1, 0.15) is 0 Å². The fourth-order valence-electron chi connectivity index (χ4n) is 2.03. The van der Waals surface area contributed by atoms with E-state index in [0.717, 1.165) is 22.1 Å². The van der Waals surface area contributed by atoms with Gasteiger partial charge in [-0.05, 0) is 71.8 Å². The molecule has 2 N–H and O–H groups in total. The van der Waals surface area contributed by atoms with Crippen LogP contribution in [-0.2, 0) is 10.0 Å². The lowest BCUT2D eigenvalue weighted by Crippen LogP contribution is -2.25. The van der Waals surface area contributed by atoms with Crippen molar-refractivity contribution in [1.29, 1.82) is 0 Å². The monoisotopic (exact) mass is 442 g/mol. The van der Waals surface area contributed by atoms with Gasteiger partial charge in [-0.1, -0.05) is 12.1 Å². The van der Waals surface area contributed by atoms with E-state index >= 15 is 0 Å². The summed E-state index contributed by atoms with van der Waals surface area (Å²) in [5, 5.41) is 2.82. The Morgan fingerprint density at radius 1 is 1.04 bits per heavy atom. The highest BCUT2D eigenvalue weighted by Crippen LogP contribution is 2.22. The van der Waals surface area contributed by atoms with Crippen LogP contribution in [0.3, 0.4) is 0 Å². The molecule has 2 aromatic rings. The number of anilines is 1. The van der Waals surface area contributed by atoms with Crippen molar-refractivity contribution in [3.63, 3.8) is 0 Å². The standard InChI is InChI=1S/C16H15IN2O3S/c17-14-3-1-2-4-15(14)18-16(20)11-5-9-13(10-6-11)23(21,22)19-12-7-8-12/h1-6,9-10,12,19H,7-8H2,(H,18,20). The Bertz CT molecular complexity index is 831. The molecule has 0 radical (unpaired) electrons. The zero-order valence-corrected chi connectivity index (χ0v) is 15.1. The number of rotatable bonds is 5. The molecule has 0 atom stereocenters. The predicted molar refractivity (Wildman–Crippen MR) is 96.9 cm³/mol. The Hall–Kier alpha value is -1.45. The first-order valence-electron chi connectivity index (χ1n) is 7.14. The van der Waals surface area contributed by atoms with Gasteiger partial charge in [-0.15, -0.1) is 0 Å². The molecule has 1 aliphatic carbocycles. The number of sulfonamides is 1. The van der Waals surface area contributed by atoms with Crippen molar-refractivity contribution in [2.45, 2.75) is 23.8 Å². The SMILES string of the molecule is O=C(Nc1ccccc1I)c1ccc(S(=O)(=O)NC2CC2)cc1. The van der Waals surface area contributed by atoms with Crippen LogP contribution in [0.4, 0.5) is 5.69 Å². The van der Waals surface area contributed by atoms with Gasteiger partial charge < -0.3 is 5.32 Å². The Labute approximate surface area is 148 Å². The number of hydrogen-bond acceptors (Lipinski definition) is 3. The second-order valence-corrected chi connectivity index (χ2v) is 8.23. The van der Waals surface area contributed by atoms with Gasteiger partial charge in [0.15, 0.2) is 0 Å². The van der Waals surface area contributed by atoms with Crippen LogP contribution in [0.15, 0.2) is 53.4 Å². The highest BCUT2D eigenvalue weighted by molar-refractivity contribution is 14.1. The van der Waals surface area contributed by atoms with E-state index in [1.165, 1.54) is 24.3 Å². The number of benzene rings is 2. The molecule has 0 aromatic heterocycles. The van der Waals surface area contributed by atoms with E-state index in [1.54, 1.807) is 0 Å². The maximum absolute atomic E-state index is 12.2. The van der Waals surface area contributed by atoms with Gasteiger partial charge in [0.05, 0.1) is 10.6 Å². The molecule has 0 saturated heterocycles. The van der Waals surface area contributed by atoms with E-state index in [4.69, 9.17) is 0 Å². The molecule has 1 saturated carbocycles. The van der Waals surface area contributed by atoms with Gasteiger partial charge in [-0.25, -0.2) is 13.1 Å². The molecule has 23 heavy (non-hydrogen) atoms. The largest absolute Gasteiger partial charge is 0.321 e. The van der Waals surface area contributed by atoms with Gasteiger partial charge >= 0.3 is 0 Å². The van der Waals surface area contributed by atoms with Crippen LogP contribution in [0.1, 0.15) is 23.2 Å². The summed E-state index contributed by atoms with van der Waals surface area (Å²) in [6, 6.07) is 13.5. The molecule has 120 valence electrons. The summed E-state index contributed by atoms with van der Waals surface area (Å²) in [4.78, 5) is 12.4. The van der Waals surface area contributed by atoms with E-state index in [2.05, 4.69) is 32.6 Å². The molecule has 0 unspecified atom stereocenters. The first kappa shape index (κ1) is 16.4. The number of halogens is 1. The molecule has 2 aromatic carbocycles. The lowest BCUT2D eigenvalue weighted by molar-refractivity contribution is 0.102. The molecule has 5 nitrogen and oxygen atoms in total. The minimum Gasteiger partial charge on any atom is -0.321 e. The van der Waals surface area contributed by atoms with Crippen LogP contribution >= 0.6 is 22.6 Å². The van der Waals surface area contributed by atoms with Gasteiger partial charge in [-0.2, -0.15) is 0 Å². The third-order valence-electron chi connectivity index (χ3n) is 3.45. The smallest absolute Gasteiger partial charge is 0.255 e. The quantitative estimate of drug-likeness (QED) is 0.700. The fraction of sp³-hybridized carbons (Fsp3) is 0.188.